The fraction of sp³-hybridized carbons (Fsp3) is 0.333. The van der Waals surface area contributed by atoms with E-state index in [-0.39, 0.29) is 6.10 Å². The van der Waals surface area contributed by atoms with Crippen molar-refractivity contribution in [2.45, 2.75) is 50.4 Å². The Bertz CT molecular complexity index is 1790. The highest BCUT2D eigenvalue weighted by molar-refractivity contribution is 7.70. The summed E-state index contributed by atoms with van der Waals surface area (Å²) < 4.78 is 23.3. The van der Waals surface area contributed by atoms with Crippen molar-refractivity contribution in [2.24, 2.45) is 7.05 Å². The average molecular weight is 567 g/mol. The Labute approximate surface area is 240 Å². The molecule has 1 atom stereocenters. The van der Waals surface area contributed by atoms with E-state index in [1.807, 2.05) is 71.5 Å². The van der Waals surface area contributed by atoms with Gasteiger partial charge >= 0.3 is 0 Å². The van der Waals surface area contributed by atoms with Crippen molar-refractivity contribution in [1.82, 2.24) is 19.3 Å². The maximum absolute atomic E-state index is 12.9. The van der Waals surface area contributed by atoms with E-state index in [2.05, 4.69) is 17.7 Å². The lowest BCUT2D eigenvalue weighted by molar-refractivity contribution is 0.152. The van der Waals surface area contributed by atoms with Crippen LogP contribution in [0.5, 0.6) is 5.75 Å². The zero-order chi connectivity index (χ0) is 28.3. The van der Waals surface area contributed by atoms with E-state index in [0.717, 1.165) is 75.8 Å². The molecule has 210 valence electrons. The van der Waals surface area contributed by atoms with Crippen LogP contribution >= 0.6 is 7.14 Å². The number of hydrogen-bond acceptors (Lipinski definition) is 5. The molecule has 0 radical (unpaired) electrons. The van der Waals surface area contributed by atoms with Gasteiger partial charge in [0.05, 0.1) is 35.5 Å². The molecular weight excluding hydrogens is 531 g/mol. The number of nitrogens with zero attached hydrogens (tertiary/aromatic N) is 4. The van der Waals surface area contributed by atoms with E-state index >= 15 is 0 Å². The van der Waals surface area contributed by atoms with Gasteiger partial charge in [-0.05, 0) is 62.8 Å². The average Bonchev–Trinajstić information content (AvgIpc) is 3.89. The van der Waals surface area contributed by atoms with Crippen LogP contribution in [-0.4, -0.2) is 43.9 Å². The predicted octanol–water partition coefficient (Wildman–Crippen LogP) is 6.50. The minimum Gasteiger partial charge on any atom is -0.490 e. The molecule has 0 bridgehead atoms. The van der Waals surface area contributed by atoms with Crippen LogP contribution < -0.4 is 10.0 Å². The maximum atomic E-state index is 12.9. The summed E-state index contributed by atoms with van der Waals surface area (Å²) >= 11 is 0. The van der Waals surface area contributed by atoms with Crippen LogP contribution in [0.25, 0.3) is 33.5 Å². The number of benzene rings is 3. The minimum atomic E-state index is -2.44. The number of aromatic nitrogens is 4. The van der Waals surface area contributed by atoms with Gasteiger partial charge in [-0.2, -0.15) is 5.10 Å². The molecule has 0 unspecified atom stereocenters. The van der Waals surface area contributed by atoms with Crippen LogP contribution in [0.4, 0.5) is 0 Å². The first-order valence-corrected chi connectivity index (χ1v) is 17.0. The SMILES string of the molecule is Cn1c(-c2ccc(P(C)(C)=O)cc2OC2CC2)nc(-c2cccc3nn(C[C@H](O)c4ccccc4)cc23)c1C1CC1. The molecule has 41 heavy (non-hydrogen) atoms. The first-order valence-electron chi connectivity index (χ1n) is 14.4. The van der Waals surface area contributed by atoms with E-state index in [4.69, 9.17) is 14.8 Å². The highest BCUT2D eigenvalue weighted by atomic mass is 31.2. The monoisotopic (exact) mass is 566 g/mol. The molecule has 2 fully saturated rings. The van der Waals surface area contributed by atoms with Gasteiger partial charge in [-0.1, -0.05) is 48.5 Å². The second-order valence-corrected chi connectivity index (χ2v) is 15.1. The Balaban J connectivity index is 1.32. The number of hydrogen-bond donors (Lipinski definition) is 1. The summed E-state index contributed by atoms with van der Waals surface area (Å²) in [6, 6.07) is 21.8. The summed E-state index contributed by atoms with van der Waals surface area (Å²) in [6.45, 7) is 3.97. The van der Waals surface area contributed by atoms with Crippen molar-refractivity contribution < 1.29 is 14.4 Å². The lowest BCUT2D eigenvalue weighted by Crippen LogP contribution is -2.08. The molecule has 0 spiro atoms. The molecule has 5 aromatic rings. The van der Waals surface area contributed by atoms with Crippen molar-refractivity contribution in [3.63, 3.8) is 0 Å². The number of imidazole rings is 1. The molecule has 2 aliphatic carbocycles. The molecule has 0 saturated heterocycles. The first-order chi connectivity index (χ1) is 19.8. The molecule has 7 nitrogen and oxygen atoms in total. The molecule has 8 heteroatoms. The Morgan fingerprint density at radius 2 is 1.78 bits per heavy atom. The van der Waals surface area contributed by atoms with Crippen LogP contribution in [-0.2, 0) is 18.2 Å². The molecule has 7 rings (SSSR count). The third-order valence-corrected chi connectivity index (χ3v) is 9.67. The number of aliphatic hydroxyl groups excluding tert-OH is 1. The second kappa shape index (κ2) is 10.0. The molecule has 3 aromatic carbocycles. The summed E-state index contributed by atoms with van der Waals surface area (Å²) in [7, 11) is -0.343. The van der Waals surface area contributed by atoms with E-state index in [1.165, 1.54) is 5.69 Å². The van der Waals surface area contributed by atoms with Crippen molar-refractivity contribution in [3.05, 3.63) is 84.2 Å². The van der Waals surface area contributed by atoms with Gasteiger partial charge in [0.15, 0.2) is 0 Å². The van der Waals surface area contributed by atoms with Crippen LogP contribution in [0.1, 0.15) is 49.0 Å². The lowest BCUT2D eigenvalue weighted by Gasteiger charge is -2.15. The molecule has 2 saturated carbocycles. The fourth-order valence-corrected chi connectivity index (χ4v) is 6.48. The van der Waals surface area contributed by atoms with Gasteiger partial charge in [-0.15, -0.1) is 0 Å². The van der Waals surface area contributed by atoms with E-state index in [9.17, 15) is 9.67 Å². The molecule has 2 aliphatic rings. The van der Waals surface area contributed by atoms with Gasteiger partial charge in [0, 0.05) is 41.1 Å². The van der Waals surface area contributed by atoms with Gasteiger partial charge < -0.3 is 19.0 Å². The summed E-state index contributed by atoms with van der Waals surface area (Å²) in [5, 5.41) is 17.5. The van der Waals surface area contributed by atoms with Crippen LogP contribution in [0.3, 0.4) is 0 Å². The topological polar surface area (TPSA) is 82.2 Å². The smallest absolute Gasteiger partial charge is 0.144 e. The molecule has 2 heterocycles. The van der Waals surface area contributed by atoms with Gasteiger partial charge in [0.25, 0.3) is 0 Å². The first kappa shape index (κ1) is 26.2. The van der Waals surface area contributed by atoms with E-state index < -0.39 is 13.2 Å². The number of fused-ring (bicyclic) bond motifs is 1. The number of aliphatic hydroxyl groups is 1. The highest BCUT2D eigenvalue weighted by Gasteiger charge is 2.34. The standard InChI is InChI=1S/C33H35N4O3P/c1-36-32(22-12-13-22)31(34-33(36)26-17-16-24(41(2,3)39)18-30(26)40-23-14-15-23)25-10-7-11-28-27(25)19-37(35-28)20-29(38)21-8-5-4-6-9-21/h4-11,16-19,22-23,29,38H,12-15,20H2,1-3H3/t29-/m0/s1. The zero-order valence-corrected chi connectivity index (χ0v) is 24.6. The third kappa shape index (κ3) is 5.13. The van der Waals surface area contributed by atoms with E-state index in [1.54, 1.807) is 13.3 Å². The van der Waals surface area contributed by atoms with Crippen LogP contribution in [0.15, 0.2) is 72.9 Å². The Morgan fingerprint density at radius 3 is 2.49 bits per heavy atom. The van der Waals surface area contributed by atoms with Gasteiger partial charge in [-0.3, -0.25) is 4.68 Å². The maximum Gasteiger partial charge on any atom is 0.144 e. The highest BCUT2D eigenvalue weighted by Crippen LogP contribution is 2.48. The summed E-state index contributed by atoms with van der Waals surface area (Å²) in [6.07, 6.45) is 5.97. The number of ether oxygens (including phenoxy) is 1. The largest absolute Gasteiger partial charge is 0.490 e. The second-order valence-electron chi connectivity index (χ2n) is 11.9. The molecule has 1 N–H and O–H groups in total. The van der Waals surface area contributed by atoms with E-state index in [0.29, 0.717) is 12.5 Å². The van der Waals surface area contributed by atoms with Gasteiger partial charge in [0.2, 0.25) is 0 Å². The molecular formula is C33H35N4O3P. The zero-order valence-electron chi connectivity index (χ0n) is 23.7. The van der Waals surface area contributed by atoms with Crippen LogP contribution in [0, 0.1) is 0 Å². The minimum absolute atomic E-state index is 0.213. The summed E-state index contributed by atoms with van der Waals surface area (Å²) in [4.78, 5) is 5.29. The third-order valence-electron chi connectivity index (χ3n) is 8.15. The van der Waals surface area contributed by atoms with Crippen molar-refractivity contribution in [2.75, 3.05) is 13.3 Å². The summed E-state index contributed by atoms with van der Waals surface area (Å²) in [5.41, 5.74) is 5.91. The molecule has 2 aromatic heterocycles. The molecule has 0 aliphatic heterocycles. The van der Waals surface area contributed by atoms with Gasteiger partial charge in [-0.25, -0.2) is 4.98 Å². The molecule has 0 amide bonds. The quantitative estimate of drug-likeness (QED) is 0.206. The van der Waals surface area contributed by atoms with Gasteiger partial charge in [0.1, 0.15) is 18.7 Å². The normalized spacial score (nSPS) is 16.3. The lowest BCUT2D eigenvalue weighted by atomic mass is 10.0. The number of rotatable bonds is 9. The predicted molar refractivity (Wildman–Crippen MR) is 163 cm³/mol. The fourth-order valence-electron chi connectivity index (χ4n) is 5.62. The van der Waals surface area contributed by atoms with Crippen molar-refractivity contribution in [3.8, 4) is 28.4 Å². The Kier molecular flexibility index (Phi) is 6.40. The summed E-state index contributed by atoms with van der Waals surface area (Å²) in [5.74, 6) is 2.08. The Hall–Kier alpha value is -3.67. The van der Waals surface area contributed by atoms with Crippen molar-refractivity contribution in [1.29, 1.82) is 0 Å². The van der Waals surface area contributed by atoms with Crippen molar-refractivity contribution >= 4 is 23.3 Å². The Morgan fingerprint density at radius 1 is 1.00 bits per heavy atom. The van der Waals surface area contributed by atoms with Crippen LogP contribution in [0.2, 0.25) is 0 Å².